The van der Waals surface area contributed by atoms with Gasteiger partial charge in [0.25, 0.3) is 10.2 Å². The topological polar surface area (TPSA) is 95.6 Å². The van der Waals surface area contributed by atoms with Crippen LogP contribution in [0.4, 0.5) is 0 Å². The number of hydrogen-bond acceptors (Lipinski definition) is 5. The summed E-state index contributed by atoms with van der Waals surface area (Å²) in [4.78, 5) is 0. The Morgan fingerprint density at radius 2 is 1.94 bits per heavy atom. The predicted molar refractivity (Wildman–Crippen MR) is 63.2 cm³/mol. The molecule has 2 N–H and O–H groups in total. The van der Waals surface area contributed by atoms with Crippen LogP contribution in [0.2, 0.25) is 0 Å². The van der Waals surface area contributed by atoms with Gasteiger partial charge in [-0.2, -0.15) is 17.4 Å². The van der Waals surface area contributed by atoms with Crippen LogP contribution in [0, 0.1) is 0 Å². The van der Waals surface area contributed by atoms with E-state index in [0.29, 0.717) is 26.2 Å². The summed E-state index contributed by atoms with van der Waals surface area (Å²) in [5.41, 5.74) is 0. The van der Waals surface area contributed by atoms with E-state index in [4.69, 9.17) is 0 Å². The van der Waals surface area contributed by atoms with Crippen molar-refractivity contribution in [2.24, 2.45) is 0 Å². The van der Waals surface area contributed by atoms with Gasteiger partial charge >= 0.3 is 0 Å². The molecule has 0 aromatic rings. The van der Waals surface area contributed by atoms with E-state index in [1.165, 1.54) is 10.4 Å². The average Bonchev–Trinajstić information content (AvgIpc) is 2.58. The van der Waals surface area contributed by atoms with Crippen LogP contribution in [0.25, 0.3) is 0 Å². The molecule has 2 heterocycles. The normalized spacial score (nSPS) is 29.5. The summed E-state index contributed by atoms with van der Waals surface area (Å²) in [5, 5.41) is 4.10. The highest BCUT2D eigenvalue weighted by molar-refractivity contribution is 7.94. The van der Waals surface area contributed by atoms with Crippen molar-refractivity contribution in [3.63, 3.8) is 0 Å². The third-order valence-corrected chi connectivity index (χ3v) is 5.69. The van der Waals surface area contributed by atoms with Gasteiger partial charge in [-0.25, -0.2) is 8.42 Å². The van der Waals surface area contributed by atoms with E-state index in [-0.39, 0.29) is 5.75 Å². The number of hydrogen-bond donors (Lipinski definition) is 2. The SMILES string of the molecule is O=S1(=O)C=CC(NS(=O)(=O)N2CCNCC2)C1. The summed E-state index contributed by atoms with van der Waals surface area (Å²) in [6.45, 7) is 2.02. The molecule has 0 bridgehead atoms. The highest BCUT2D eigenvalue weighted by Crippen LogP contribution is 2.10. The Morgan fingerprint density at radius 1 is 1.29 bits per heavy atom. The Morgan fingerprint density at radius 3 is 2.47 bits per heavy atom. The molecule has 0 aromatic heterocycles. The van der Waals surface area contributed by atoms with Crippen molar-refractivity contribution >= 4 is 20.0 Å². The van der Waals surface area contributed by atoms with Gasteiger partial charge in [-0.3, -0.25) is 0 Å². The second-order valence-corrected chi connectivity index (χ2v) is 7.67. The molecule has 2 aliphatic rings. The number of sulfone groups is 1. The first-order chi connectivity index (χ1) is 7.89. The lowest BCUT2D eigenvalue weighted by atomic mass is 10.4. The van der Waals surface area contributed by atoms with Crippen LogP contribution in [-0.4, -0.2) is 59.1 Å². The van der Waals surface area contributed by atoms with E-state index in [1.807, 2.05) is 0 Å². The number of rotatable bonds is 3. The quantitative estimate of drug-likeness (QED) is 0.626. The molecule has 2 aliphatic heterocycles. The van der Waals surface area contributed by atoms with E-state index < -0.39 is 26.1 Å². The molecule has 0 amide bonds. The van der Waals surface area contributed by atoms with E-state index >= 15 is 0 Å². The molecule has 9 heteroatoms. The molecule has 1 saturated heterocycles. The first-order valence-electron chi connectivity index (χ1n) is 5.28. The molecular weight excluding hydrogens is 266 g/mol. The third kappa shape index (κ3) is 3.26. The lowest BCUT2D eigenvalue weighted by molar-refractivity contribution is 0.354. The Labute approximate surface area is 101 Å². The molecule has 98 valence electrons. The van der Waals surface area contributed by atoms with Gasteiger partial charge in [-0.15, -0.1) is 0 Å². The fraction of sp³-hybridized carbons (Fsp3) is 0.750. The smallest absolute Gasteiger partial charge is 0.280 e. The number of piperazine rings is 1. The predicted octanol–water partition coefficient (Wildman–Crippen LogP) is -1.96. The second kappa shape index (κ2) is 4.65. The summed E-state index contributed by atoms with van der Waals surface area (Å²) in [7, 11) is -6.83. The van der Waals surface area contributed by atoms with Crippen LogP contribution in [0.5, 0.6) is 0 Å². The maximum absolute atomic E-state index is 11.9. The standard InChI is InChI=1S/C8H15N3O4S2/c12-16(13)6-1-8(7-16)10-17(14,15)11-4-2-9-3-5-11/h1,6,8-10H,2-5,7H2. The van der Waals surface area contributed by atoms with Gasteiger partial charge < -0.3 is 5.32 Å². The molecule has 17 heavy (non-hydrogen) atoms. The highest BCUT2D eigenvalue weighted by atomic mass is 32.2. The van der Waals surface area contributed by atoms with Gasteiger partial charge in [0.05, 0.1) is 11.8 Å². The Bertz CT molecular complexity index is 505. The zero-order valence-electron chi connectivity index (χ0n) is 9.16. The van der Waals surface area contributed by atoms with E-state index in [9.17, 15) is 16.8 Å². The summed E-state index contributed by atoms with van der Waals surface area (Å²) in [5.74, 6) is -0.196. The lowest BCUT2D eigenvalue weighted by Crippen LogP contribution is -2.52. The summed E-state index contributed by atoms with van der Waals surface area (Å²) in [6.07, 6.45) is 1.37. The first kappa shape index (κ1) is 13.0. The van der Waals surface area contributed by atoms with Gasteiger partial charge in [-0.1, -0.05) is 6.08 Å². The van der Waals surface area contributed by atoms with Crippen molar-refractivity contribution < 1.29 is 16.8 Å². The van der Waals surface area contributed by atoms with Crippen LogP contribution in [0.15, 0.2) is 11.5 Å². The van der Waals surface area contributed by atoms with Crippen molar-refractivity contribution in [1.29, 1.82) is 0 Å². The number of nitrogens with zero attached hydrogens (tertiary/aromatic N) is 1. The minimum atomic E-state index is -3.59. The van der Waals surface area contributed by atoms with Gasteiger partial charge in [-0.05, 0) is 0 Å². The van der Waals surface area contributed by atoms with Gasteiger partial charge in [0.2, 0.25) is 0 Å². The van der Waals surface area contributed by atoms with Crippen molar-refractivity contribution in [3.8, 4) is 0 Å². The summed E-state index contributed by atoms with van der Waals surface area (Å²) >= 11 is 0. The Kier molecular flexibility index (Phi) is 3.55. The van der Waals surface area contributed by atoms with Gasteiger partial charge in [0.15, 0.2) is 9.84 Å². The second-order valence-electron chi connectivity index (χ2n) is 4.04. The maximum Gasteiger partial charge on any atom is 0.280 e. The minimum Gasteiger partial charge on any atom is -0.314 e. The molecule has 0 radical (unpaired) electrons. The fourth-order valence-electron chi connectivity index (χ4n) is 1.80. The molecule has 7 nitrogen and oxygen atoms in total. The first-order valence-corrected chi connectivity index (χ1v) is 8.44. The Balaban J connectivity index is 2.01. The highest BCUT2D eigenvalue weighted by Gasteiger charge is 2.30. The molecule has 2 rings (SSSR count). The van der Waals surface area contributed by atoms with Crippen LogP contribution in [0.3, 0.4) is 0 Å². The van der Waals surface area contributed by atoms with Gasteiger partial charge in [0.1, 0.15) is 0 Å². The molecule has 0 spiro atoms. The van der Waals surface area contributed by atoms with E-state index in [2.05, 4.69) is 10.0 Å². The van der Waals surface area contributed by atoms with Crippen LogP contribution < -0.4 is 10.0 Å². The molecule has 0 saturated carbocycles. The van der Waals surface area contributed by atoms with Crippen molar-refractivity contribution in [1.82, 2.24) is 14.3 Å². The molecule has 1 unspecified atom stereocenters. The molecule has 1 fully saturated rings. The van der Waals surface area contributed by atoms with Crippen molar-refractivity contribution in [3.05, 3.63) is 11.5 Å². The molecular formula is C8H15N3O4S2. The monoisotopic (exact) mass is 281 g/mol. The Hall–Kier alpha value is -0.480. The molecule has 0 aromatic carbocycles. The van der Waals surface area contributed by atoms with Crippen LogP contribution in [-0.2, 0) is 20.0 Å². The fourth-order valence-corrected chi connectivity index (χ4v) is 4.50. The van der Waals surface area contributed by atoms with Crippen LogP contribution in [0.1, 0.15) is 0 Å². The summed E-state index contributed by atoms with van der Waals surface area (Å²) < 4.78 is 49.8. The van der Waals surface area contributed by atoms with E-state index in [0.717, 1.165) is 5.41 Å². The minimum absolute atomic E-state index is 0.196. The lowest BCUT2D eigenvalue weighted by Gasteiger charge is -2.27. The third-order valence-electron chi connectivity index (χ3n) is 2.65. The van der Waals surface area contributed by atoms with Crippen LogP contribution >= 0.6 is 0 Å². The van der Waals surface area contributed by atoms with Crippen molar-refractivity contribution in [2.45, 2.75) is 6.04 Å². The summed E-state index contributed by atoms with van der Waals surface area (Å²) in [6, 6.07) is -0.653. The zero-order valence-corrected chi connectivity index (χ0v) is 10.8. The molecule has 0 aliphatic carbocycles. The maximum atomic E-state index is 11.9. The average molecular weight is 281 g/mol. The molecule has 1 atom stereocenters. The zero-order chi connectivity index (χ0) is 12.5. The van der Waals surface area contributed by atoms with E-state index in [1.54, 1.807) is 0 Å². The largest absolute Gasteiger partial charge is 0.314 e. The number of nitrogens with one attached hydrogen (secondary N) is 2. The van der Waals surface area contributed by atoms with Crippen molar-refractivity contribution in [2.75, 3.05) is 31.9 Å². The van der Waals surface area contributed by atoms with Gasteiger partial charge in [0, 0.05) is 31.6 Å².